The summed E-state index contributed by atoms with van der Waals surface area (Å²) in [5.41, 5.74) is 2.06. The van der Waals surface area contributed by atoms with Crippen molar-refractivity contribution in [3.05, 3.63) is 48.0 Å². The van der Waals surface area contributed by atoms with Crippen LogP contribution in [0.1, 0.15) is 18.4 Å². The molecule has 0 atom stereocenters. The van der Waals surface area contributed by atoms with E-state index in [0.717, 1.165) is 58.3 Å². The fourth-order valence-corrected chi connectivity index (χ4v) is 4.61. The molecular formula is C22H25N3O3S. The highest BCUT2D eigenvalue weighted by Crippen LogP contribution is 2.33. The molecule has 0 spiro atoms. The van der Waals surface area contributed by atoms with Gasteiger partial charge in [-0.25, -0.2) is 4.98 Å². The van der Waals surface area contributed by atoms with Crippen LogP contribution in [0.15, 0.2) is 42.5 Å². The van der Waals surface area contributed by atoms with Crippen LogP contribution in [-0.2, 0) is 11.3 Å². The average Bonchev–Trinajstić information content (AvgIpc) is 3.21. The van der Waals surface area contributed by atoms with Crippen LogP contribution in [0, 0.1) is 5.92 Å². The molecule has 1 aromatic heterocycles. The number of hydrogen-bond acceptors (Lipinski definition) is 6. The van der Waals surface area contributed by atoms with Gasteiger partial charge in [0.05, 0.1) is 24.4 Å². The third kappa shape index (κ3) is 4.45. The highest BCUT2D eigenvalue weighted by molar-refractivity contribution is 7.22. The van der Waals surface area contributed by atoms with Crippen molar-refractivity contribution in [1.29, 1.82) is 0 Å². The molecule has 152 valence electrons. The van der Waals surface area contributed by atoms with E-state index in [1.54, 1.807) is 25.6 Å². The van der Waals surface area contributed by atoms with Gasteiger partial charge in [0.25, 0.3) is 0 Å². The van der Waals surface area contributed by atoms with Crippen LogP contribution in [0.2, 0.25) is 0 Å². The van der Waals surface area contributed by atoms with Crippen molar-refractivity contribution in [1.82, 2.24) is 10.3 Å². The second kappa shape index (κ2) is 8.69. The van der Waals surface area contributed by atoms with Gasteiger partial charge in [0.1, 0.15) is 11.5 Å². The maximum Gasteiger partial charge on any atom is 0.223 e. The van der Waals surface area contributed by atoms with Crippen molar-refractivity contribution in [2.75, 3.05) is 32.2 Å². The lowest BCUT2D eigenvalue weighted by molar-refractivity contribution is -0.125. The van der Waals surface area contributed by atoms with Gasteiger partial charge in [-0.2, -0.15) is 0 Å². The van der Waals surface area contributed by atoms with Crippen LogP contribution in [0.4, 0.5) is 5.13 Å². The summed E-state index contributed by atoms with van der Waals surface area (Å²) < 4.78 is 11.6. The number of methoxy groups -OCH3 is 2. The summed E-state index contributed by atoms with van der Waals surface area (Å²) >= 11 is 1.68. The molecule has 0 aliphatic carbocycles. The van der Waals surface area contributed by atoms with Gasteiger partial charge in [0.2, 0.25) is 5.91 Å². The number of piperidine rings is 1. The number of carbonyl (C=O) groups is 1. The maximum absolute atomic E-state index is 12.6. The van der Waals surface area contributed by atoms with Crippen molar-refractivity contribution in [2.24, 2.45) is 5.92 Å². The lowest BCUT2D eigenvalue weighted by atomic mass is 9.96. The number of carbonyl (C=O) groups excluding carboxylic acids is 1. The van der Waals surface area contributed by atoms with E-state index in [0.29, 0.717) is 6.54 Å². The molecule has 0 bridgehead atoms. The maximum atomic E-state index is 12.6. The van der Waals surface area contributed by atoms with E-state index in [9.17, 15) is 4.79 Å². The summed E-state index contributed by atoms with van der Waals surface area (Å²) in [6.45, 7) is 2.23. The fourth-order valence-electron chi connectivity index (χ4n) is 3.56. The van der Waals surface area contributed by atoms with Crippen LogP contribution < -0.4 is 19.7 Å². The number of fused-ring (bicyclic) bond motifs is 1. The number of nitrogens with zero attached hydrogens (tertiary/aromatic N) is 2. The van der Waals surface area contributed by atoms with Gasteiger partial charge in [-0.15, -0.1) is 0 Å². The van der Waals surface area contributed by atoms with Gasteiger partial charge < -0.3 is 19.7 Å². The first-order valence-electron chi connectivity index (χ1n) is 9.76. The van der Waals surface area contributed by atoms with E-state index < -0.39 is 0 Å². The van der Waals surface area contributed by atoms with Crippen molar-refractivity contribution in [2.45, 2.75) is 19.4 Å². The molecule has 1 saturated heterocycles. The van der Waals surface area contributed by atoms with E-state index in [2.05, 4.69) is 10.2 Å². The number of thiazole rings is 1. The Kier molecular flexibility index (Phi) is 5.85. The van der Waals surface area contributed by atoms with Crippen molar-refractivity contribution in [3.63, 3.8) is 0 Å². The van der Waals surface area contributed by atoms with E-state index in [4.69, 9.17) is 14.5 Å². The zero-order valence-corrected chi connectivity index (χ0v) is 17.5. The Labute approximate surface area is 174 Å². The Hall–Kier alpha value is -2.80. The first-order chi connectivity index (χ1) is 14.2. The van der Waals surface area contributed by atoms with Gasteiger partial charge in [0.15, 0.2) is 5.13 Å². The van der Waals surface area contributed by atoms with Crippen LogP contribution >= 0.6 is 11.3 Å². The van der Waals surface area contributed by atoms with Gasteiger partial charge in [-0.05, 0) is 48.7 Å². The van der Waals surface area contributed by atoms with E-state index in [-0.39, 0.29) is 11.8 Å². The third-order valence-electron chi connectivity index (χ3n) is 5.35. The second-order valence-corrected chi connectivity index (χ2v) is 8.17. The zero-order valence-electron chi connectivity index (χ0n) is 16.7. The second-order valence-electron chi connectivity index (χ2n) is 7.16. The molecule has 4 rings (SSSR count). The molecule has 0 radical (unpaired) electrons. The first kappa shape index (κ1) is 19.5. The fraction of sp³-hybridized carbons (Fsp3) is 0.364. The minimum atomic E-state index is 0.0546. The number of amides is 1. The highest BCUT2D eigenvalue weighted by Gasteiger charge is 2.26. The molecule has 1 amide bonds. The molecule has 1 aliphatic rings. The van der Waals surface area contributed by atoms with Crippen LogP contribution in [0.25, 0.3) is 10.2 Å². The molecular weight excluding hydrogens is 386 g/mol. The Morgan fingerprint density at radius 1 is 1.10 bits per heavy atom. The number of benzene rings is 2. The Bertz CT molecular complexity index is 979. The monoisotopic (exact) mass is 411 g/mol. The third-order valence-corrected chi connectivity index (χ3v) is 6.43. The van der Waals surface area contributed by atoms with Crippen molar-refractivity contribution < 1.29 is 14.3 Å². The highest BCUT2D eigenvalue weighted by atomic mass is 32.1. The average molecular weight is 412 g/mol. The van der Waals surface area contributed by atoms with Crippen LogP contribution in [-0.4, -0.2) is 38.2 Å². The number of hydrogen-bond donors (Lipinski definition) is 1. The van der Waals surface area contributed by atoms with Crippen LogP contribution in [0.3, 0.4) is 0 Å². The SMILES string of the molecule is COc1ccc(CNC(=O)C2CCN(c3nc4ccc(OC)cc4s3)CC2)cc1. The topological polar surface area (TPSA) is 63.7 Å². The molecule has 29 heavy (non-hydrogen) atoms. The number of anilines is 1. The Balaban J connectivity index is 1.31. The smallest absolute Gasteiger partial charge is 0.223 e. The Morgan fingerprint density at radius 2 is 1.79 bits per heavy atom. The molecule has 2 heterocycles. The summed E-state index contributed by atoms with van der Waals surface area (Å²) in [6, 6.07) is 13.7. The number of aromatic nitrogens is 1. The number of rotatable bonds is 6. The summed E-state index contributed by atoms with van der Waals surface area (Å²) in [5.74, 6) is 1.86. The molecule has 0 saturated carbocycles. The summed E-state index contributed by atoms with van der Waals surface area (Å²) in [6.07, 6.45) is 1.68. The number of nitrogens with one attached hydrogen (secondary N) is 1. The van der Waals surface area contributed by atoms with Gasteiger partial charge in [-0.3, -0.25) is 4.79 Å². The quantitative estimate of drug-likeness (QED) is 0.668. The minimum absolute atomic E-state index is 0.0546. The summed E-state index contributed by atoms with van der Waals surface area (Å²) in [7, 11) is 3.32. The van der Waals surface area contributed by atoms with Crippen molar-refractivity contribution in [3.8, 4) is 11.5 Å². The molecule has 7 heteroatoms. The van der Waals surface area contributed by atoms with E-state index in [1.807, 2.05) is 42.5 Å². The first-order valence-corrected chi connectivity index (χ1v) is 10.6. The lowest BCUT2D eigenvalue weighted by Crippen LogP contribution is -2.40. The molecule has 0 unspecified atom stereocenters. The summed E-state index contributed by atoms with van der Waals surface area (Å²) in [5, 5.41) is 4.09. The standard InChI is InChI=1S/C22H25N3O3S/c1-27-17-5-3-15(4-6-17)14-23-21(26)16-9-11-25(12-10-16)22-24-19-8-7-18(28-2)13-20(19)29-22/h3-8,13,16H,9-12,14H2,1-2H3,(H,23,26). The molecule has 3 aromatic rings. The molecule has 2 aromatic carbocycles. The normalized spacial score (nSPS) is 14.8. The lowest BCUT2D eigenvalue weighted by Gasteiger charge is -2.31. The van der Waals surface area contributed by atoms with Crippen molar-refractivity contribution >= 4 is 32.6 Å². The molecule has 6 nitrogen and oxygen atoms in total. The minimum Gasteiger partial charge on any atom is -0.497 e. The number of ether oxygens (including phenoxy) is 2. The Morgan fingerprint density at radius 3 is 2.48 bits per heavy atom. The van der Waals surface area contributed by atoms with Gasteiger partial charge >= 0.3 is 0 Å². The molecule has 1 aliphatic heterocycles. The summed E-state index contributed by atoms with van der Waals surface area (Å²) in [4.78, 5) is 19.6. The van der Waals surface area contributed by atoms with Gasteiger partial charge in [0, 0.05) is 25.6 Å². The van der Waals surface area contributed by atoms with E-state index >= 15 is 0 Å². The predicted molar refractivity (Wildman–Crippen MR) is 116 cm³/mol. The molecule has 1 fully saturated rings. The molecule has 1 N–H and O–H groups in total. The van der Waals surface area contributed by atoms with Crippen LogP contribution in [0.5, 0.6) is 11.5 Å². The van der Waals surface area contributed by atoms with E-state index in [1.165, 1.54) is 0 Å². The predicted octanol–water partition coefficient (Wildman–Crippen LogP) is 3.85. The zero-order chi connectivity index (χ0) is 20.2. The van der Waals surface area contributed by atoms with Gasteiger partial charge in [-0.1, -0.05) is 23.5 Å². The largest absolute Gasteiger partial charge is 0.497 e.